The number of aryl methyl sites for hydroxylation is 1. The molecule has 27 heavy (non-hydrogen) atoms. The van der Waals surface area contributed by atoms with Crippen molar-refractivity contribution in [1.29, 1.82) is 0 Å². The summed E-state index contributed by atoms with van der Waals surface area (Å²) in [6.07, 6.45) is 0. The van der Waals surface area contributed by atoms with E-state index in [2.05, 4.69) is 58.4 Å². The molecule has 0 radical (unpaired) electrons. The lowest BCUT2D eigenvalue weighted by molar-refractivity contribution is 0.111. The van der Waals surface area contributed by atoms with Crippen LogP contribution in [0.5, 0.6) is 0 Å². The second kappa shape index (κ2) is 9.06. The zero-order chi connectivity index (χ0) is 17.9. The molecule has 0 bridgehead atoms. The Morgan fingerprint density at radius 2 is 1.67 bits per heavy atom. The maximum Gasteiger partial charge on any atom is 0.209 e. The van der Waals surface area contributed by atoms with E-state index in [-0.39, 0.29) is 17.0 Å². The van der Waals surface area contributed by atoms with E-state index in [4.69, 9.17) is 21.3 Å². The first-order valence-electron chi connectivity index (χ1n) is 8.61. The minimum absolute atomic E-state index is 0. The molecule has 0 saturated carbocycles. The second-order valence-corrected chi connectivity index (χ2v) is 7.51. The van der Waals surface area contributed by atoms with Gasteiger partial charge in [0.25, 0.3) is 0 Å². The molecule has 0 atom stereocenters. The van der Waals surface area contributed by atoms with Gasteiger partial charge >= 0.3 is 0 Å². The van der Waals surface area contributed by atoms with Crippen molar-refractivity contribution < 1.29 is 4.74 Å². The van der Waals surface area contributed by atoms with Crippen LogP contribution in [0.25, 0.3) is 11.3 Å². The standard InChI is InChI=1S/C20H20ClN3OS.BrH/c1-15-2-8-18(9-3-15)22-20-24(23-10-12-25-13-11-23)19(14-26-20)16-4-6-17(21)7-5-16;/h2-9,14H,10-13H2,1H3;1H. The zero-order valence-electron chi connectivity index (χ0n) is 15.0. The molecule has 2 aromatic carbocycles. The maximum atomic E-state index is 6.06. The molecule has 4 nitrogen and oxygen atoms in total. The summed E-state index contributed by atoms with van der Waals surface area (Å²) < 4.78 is 7.75. The predicted molar refractivity (Wildman–Crippen MR) is 118 cm³/mol. The van der Waals surface area contributed by atoms with Gasteiger partial charge in [0.1, 0.15) is 0 Å². The summed E-state index contributed by atoms with van der Waals surface area (Å²) in [5.41, 5.74) is 4.45. The van der Waals surface area contributed by atoms with Crippen molar-refractivity contribution in [2.75, 3.05) is 31.3 Å². The topological polar surface area (TPSA) is 29.8 Å². The number of thiazole rings is 1. The second-order valence-electron chi connectivity index (χ2n) is 6.24. The average Bonchev–Trinajstić information content (AvgIpc) is 3.08. The van der Waals surface area contributed by atoms with E-state index in [9.17, 15) is 0 Å². The lowest BCUT2D eigenvalue weighted by Crippen LogP contribution is -2.48. The van der Waals surface area contributed by atoms with Gasteiger partial charge in [0.05, 0.1) is 37.7 Å². The van der Waals surface area contributed by atoms with Crippen molar-refractivity contribution in [3.8, 4) is 11.3 Å². The molecule has 1 aliphatic rings. The Morgan fingerprint density at radius 1 is 1.00 bits per heavy atom. The van der Waals surface area contributed by atoms with Gasteiger partial charge in [-0.2, -0.15) is 0 Å². The average molecular weight is 467 g/mol. The largest absolute Gasteiger partial charge is 0.378 e. The number of aromatic nitrogens is 1. The van der Waals surface area contributed by atoms with Gasteiger partial charge in [-0.3, -0.25) is 0 Å². The molecular formula is C20H21BrClN3OS. The third-order valence-electron chi connectivity index (χ3n) is 4.35. The van der Waals surface area contributed by atoms with Crippen molar-refractivity contribution in [2.45, 2.75) is 6.92 Å². The van der Waals surface area contributed by atoms with E-state index in [1.165, 1.54) is 5.56 Å². The Kier molecular flexibility index (Phi) is 6.76. The molecule has 0 N–H and O–H groups in total. The molecule has 0 unspecified atom stereocenters. The van der Waals surface area contributed by atoms with Gasteiger partial charge in [0, 0.05) is 16.0 Å². The highest BCUT2D eigenvalue weighted by Gasteiger charge is 2.17. The van der Waals surface area contributed by atoms with Gasteiger partial charge in [0.15, 0.2) is 0 Å². The van der Waals surface area contributed by atoms with E-state index in [1.54, 1.807) is 11.3 Å². The summed E-state index contributed by atoms with van der Waals surface area (Å²) in [6, 6.07) is 16.2. The first kappa shape index (κ1) is 20.1. The molecule has 142 valence electrons. The van der Waals surface area contributed by atoms with Crippen LogP contribution in [0.4, 0.5) is 5.69 Å². The highest BCUT2D eigenvalue weighted by atomic mass is 79.9. The molecular weight excluding hydrogens is 446 g/mol. The summed E-state index contributed by atoms with van der Waals surface area (Å²) in [4.78, 5) is 5.85. The van der Waals surface area contributed by atoms with Gasteiger partial charge in [-0.05, 0) is 31.2 Å². The van der Waals surface area contributed by atoms with Crippen molar-refractivity contribution in [3.63, 3.8) is 0 Å². The number of nitrogens with zero attached hydrogens (tertiary/aromatic N) is 3. The number of benzene rings is 2. The molecule has 1 fully saturated rings. The molecule has 0 spiro atoms. The predicted octanol–water partition coefficient (Wildman–Crippen LogP) is 4.96. The minimum atomic E-state index is 0. The van der Waals surface area contributed by atoms with Crippen molar-refractivity contribution in [3.05, 3.63) is 69.3 Å². The highest BCUT2D eigenvalue weighted by molar-refractivity contribution is 8.93. The summed E-state index contributed by atoms with van der Waals surface area (Å²) in [5, 5.41) is 5.20. The van der Waals surface area contributed by atoms with E-state index in [0.29, 0.717) is 0 Å². The first-order chi connectivity index (χ1) is 12.7. The quantitative estimate of drug-likeness (QED) is 0.546. The number of rotatable bonds is 3. The Bertz CT molecular complexity index is 945. The fourth-order valence-electron chi connectivity index (χ4n) is 2.95. The summed E-state index contributed by atoms with van der Waals surface area (Å²) >= 11 is 7.71. The molecule has 1 aromatic heterocycles. The van der Waals surface area contributed by atoms with Gasteiger partial charge in [-0.15, -0.1) is 28.3 Å². The van der Waals surface area contributed by atoms with Crippen LogP contribution >= 0.6 is 39.9 Å². The smallest absolute Gasteiger partial charge is 0.209 e. The van der Waals surface area contributed by atoms with E-state index in [0.717, 1.165) is 53.1 Å². The number of hydrogen-bond acceptors (Lipinski definition) is 4. The lowest BCUT2D eigenvalue weighted by Gasteiger charge is -2.31. The Balaban J connectivity index is 0.00000210. The van der Waals surface area contributed by atoms with Crippen molar-refractivity contribution in [2.24, 2.45) is 4.99 Å². The van der Waals surface area contributed by atoms with Gasteiger partial charge < -0.3 is 9.75 Å². The summed E-state index contributed by atoms with van der Waals surface area (Å²) in [7, 11) is 0. The molecule has 0 amide bonds. The molecule has 2 heterocycles. The first-order valence-corrected chi connectivity index (χ1v) is 9.87. The van der Waals surface area contributed by atoms with Crippen LogP contribution in [0.3, 0.4) is 0 Å². The van der Waals surface area contributed by atoms with Crippen LogP contribution in [0.2, 0.25) is 5.02 Å². The number of halogens is 2. The molecule has 4 rings (SSSR count). The number of hydrogen-bond donors (Lipinski definition) is 0. The molecule has 7 heteroatoms. The summed E-state index contributed by atoms with van der Waals surface area (Å²) in [6.45, 7) is 5.23. The zero-order valence-corrected chi connectivity index (χ0v) is 18.3. The fourth-order valence-corrected chi connectivity index (χ4v) is 4.00. The normalized spacial score (nSPS) is 14.9. The maximum absolute atomic E-state index is 6.06. The van der Waals surface area contributed by atoms with Gasteiger partial charge in [-0.1, -0.05) is 41.4 Å². The van der Waals surface area contributed by atoms with Crippen molar-refractivity contribution in [1.82, 2.24) is 4.68 Å². The van der Waals surface area contributed by atoms with Gasteiger partial charge in [-0.25, -0.2) is 9.67 Å². The van der Waals surface area contributed by atoms with Gasteiger partial charge in [0.2, 0.25) is 4.80 Å². The van der Waals surface area contributed by atoms with Crippen LogP contribution < -0.4 is 9.81 Å². The number of ether oxygens (including phenoxy) is 1. The third-order valence-corrected chi connectivity index (χ3v) is 5.42. The van der Waals surface area contributed by atoms with Crippen LogP contribution in [0, 0.1) is 6.92 Å². The molecule has 1 saturated heterocycles. The fraction of sp³-hybridized carbons (Fsp3) is 0.250. The van der Waals surface area contributed by atoms with Crippen molar-refractivity contribution >= 4 is 45.6 Å². The summed E-state index contributed by atoms with van der Waals surface area (Å²) in [5.74, 6) is 0. The number of morpholine rings is 1. The monoisotopic (exact) mass is 465 g/mol. The SMILES string of the molecule is Br.Cc1ccc(N=c2scc(-c3ccc(Cl)cc3)n2N2CCOCC2)cc1. The Morgan fingerprint density at radius 3 is 2.33 bits per heavy atom. The van der Waals surface area contributed by atoms with Crippen LogP contribution in [0.15, 0.2) is 58.9 Å². The van der Waals surface area contributed by atoms with E-state index < -0.39 is 0 Å². The Hall–Kier alpha value is -1.60. The van der Waals surface area contributed by atoms with Crippen LogP contribution in [-0.2, 0) is 4.74 Å². The van der Waals surface area contributed by atoms with Crippen LogP contribution in [0.1, 0.15) is 5.56 Å². The third kappa shape index (κ3) is 4.63. The highest BCUT2D eigenvalue weighted by Crippen LogP contribution is 2.23. The molecule has 0 aliphatic carbocycles. The lowest BCUT2D eigenvalue weighted by atomic mass is 10.2. The van der Waals surface area contributed by atoms with E-state index >= 15 is 0 Å². The molecule has 1 aliphatic heterocycles. The minimum Gasteiger partial charge on any atom is -0.378 e. The Labute approximate surface area is 178 Å². The van der Waals surface area contributed by atoms with E-state index in [1.807, 2.05) is 12.1 Å². The molecule has 3 aromatic rings. The van der Waals surface area contributed by atoms with Crippen LogP contribution in [-0.4, -0.2) is 31.0 Å².